The van der Waals surface area contributed by atoms with Gasteiger partial charge in [0.05, 0.1) is 0 Å². The van der Waals surface area contributed by atoms with Crippen molar-refractivity contribution in [2.45, 2.75) is 47.0 Å². The van der Waals surface area contributed by atoms with Crippen LogP contribution in [0.15, 0.2) is 11.2 Å². The summed E-state index contributed by atoms with van der Waals surface area (Å²) >= 11 is 0. The Morgan fingerprint density at radius 2 is 1.67 bits per heavy atom. The van der Waals surface area contributed by atoms with Crippen LogP contribution in [0.5, 0.6) is 0 Å². The second kappa shape index (κ2) is 5.46. The van der Waals surface area contributed by atoms with Gasteiger partial charge in [-0.3, -0.25) is 0 Å². The van der Waals surface area contributed by atoms with Crippen LogP contribution in [-0.4, -0.2) is 15.7 Å². The van der Waals surface area contributed by atoms with Crippen LogP contribution in [0.25, 0.3) is 0 Å². The van der Waals surface area contributed by atoms with Gasteiger partial charge in [0, 0.05) is 17.1 Å². The van der Waals surface area contributed by atoms with Gasteiger partial charge in [-0.1, -0.05) is 20.3 Å². The van der Waals surface area contributed by atoms with Crippen LogP contribution in [0.3, 0.4) is 0 Å². The largest absolute Gasteiger partial charge is 0.245 e. The summed E-state index contributed by atoms with van der Waals surface area (Å²) in [6, 6.07) is 1.96. The lowest BCUT2D eigenvalue weighted by Gasteiger charge is -2.26. The number of nitrogens with one attached hydrogen (secondary N) is 1. The van der Waals surface area contributed by atoms with E-state index in [-0.39, 0.29) is 0 Å². The van der Waals surface area contributed by atoms with Gasteiger partial charge in [0.15, 0.2) is 0 Å². The molecule has 0 aliphatic heterocycles. The van der Waals surface area contributed by atoms with Crippen LogP contribution in [0.2, 0.25) is 0 Å². The molecule has 0 unspecified atom stereocenters. The molecule has 0 amide bonds. The molecule has 1 aromatic rings. The standard InChI is InChI=1S/C14H22N4/c1-9-6-5-7-10(2)13(9)17-18-14-15-11(3)8-12(4)16-14/h8-10H,5-7H2,1-4H3,(H,15,16,18)/t9-,10-/m0/s1. The third-order valence-electron chi connectivity index (χ3n) is 3.55. The van der Waals surface area contributed by atoms with E-state index in [2.05, 4.69) is 34.3 Å². The summed E-state index contributed by atoms with van der Waals surface area (Å²) < 4.78 is 0. The molecule has 1 N–H and O–H groups in total. The lowest BCUT2D eigenvalue weighted by molar-refractivity contribution is 0.486. The van der Waals surface area contributed by atoms with Crippen molar-refractivity contribution in [1.29, 1.82) is 0 Å². The monoisotopic (exact) mass is 246 g/mol. The first-order valence-corrected chi connectivity index (χ1v) is 6.72. The first kappa shape index (κ1) is 13.0. The zero-order valence-electron chi connectivity index (χ0n) is 11.7. The van der Waals surface area contributed by atoms with E-state index in [0.29, 0.717) is 17.8 Å². The maximum atomic E-state index is 4.54. The first-order valence-electron chi connectivity index (χ1n) is 6.72. The predicted octanol–water partition coefficient (Wildman–Crippen LogP) is 3.32. The van der Waals surface area contributed by atoms with Crippen molar-refractivity contribution in [3.8, 4) is 0 Å². The molecule has 0 radical (unpaired) electrons. The Kier molecular flexibility index (Phi) is 3.94. The Balaban J connectivity index is 2.13. The van der Waals surface area contributed by atoms with E-state index in [1.807, 2.05) is 19.9 Å². The van der Waals surface area contributed by atoms with E-state index in [9.17, 15) is 0 Å². The minimum absolute atomic E-state index is 0.562. The molecule has 4 heteroatoms. The molecule has 0 bridgehead atoms. The van der Waals surface area contributed by atoms with Gasteiger partial charge in [-0.05, 0) is 44.6 Å². The number of hydrazone groups is 1. The summed E-state index contributed by atoms with van der Waals surface area (Å²) in [6.45, 7) is 8.44. The minimum atomic E-state index is 0.562. The number of rotatable bonds is 2. The second-order valence-corrected chi connectivity index (χ2v) is 5.36. The summed E-state index contributed by atoms with van der Waals surface area (Å²) in [5, 5.41) is 4.54. The number of hydrogen-bond donors (Lipinski definition) is 1. The molecule has 1 heterocycles. The van der Waals surface area contributed by atoms with Gasteiger partial charge in [0.25, 0.3) is 0 Å². The van der Waals surface area contributed by atoms with Crippen LogP contribution in [0.1, 0.15) is 44.5 Å². The van der Waals surface area contributed by atoms with Crippen molar-refractivity contribution in [2.75, 3.05) is 5.43 Å². The van der Waals surface area contributed by atoms with E-state index in [4.69, 9.17) is 0 Å². The molecule has 2 rings (SSSR count). The molecular formula is C14H22N4. The normalized spacial score (nSPS) is 23.9. The van der Waals surface area contributed by atoms with E-state index < -0.39 is 0 Å². The lowest BCUT2D eigenvalue weighted by atomic mass is 9.81. The molecule has 0 aromatic carbocycles. The number of anilines is 1. The number of nitrogens with zero attached hydrogens (tertiary/aromatic N) is 3. The summed E-state index contributed by atoms with van der Waals surface area (Å²) in [5.41, 5.74) is 6.21. The Hall–Kier alpha value is -1.45. The third-order valence-corrected chi connectivity index (χ3v) is 3.55. The highest BCUT2D eigenvalue weighted by molar-refractivity contribution is 5.89. The van der Waals surface area contributed by atoms with Gasteiger partial charge < -0.3 is 0 Å². The minimum Gasteiger partial charge on any atom is -0.245 e. The third kappa shape index (κ3) is 3.06. The van der Waals surface area contributed by atoms with Gasteiger partial charge in [0.1, 0.15) is 0 Å². The van der Waals surface area contributed by atoms with Crippen LogP contribution in [0.4, 0.5) is 5.95 Å². The Bertz CT molecular complexity index is 421. The summed E-state index contributed by atoms with van der Waals surface area (Å²) in [6.07, 6.45) is 3.78. The van der Waals surface area contributed by atoms with Gasteiger partial charge in [0.2, 0.25) is 5.95 Å². The molecule has 1 saturated carbocycles. The summed E-state index contributed by atoms with van der Waals surface area (Å²) in [5.74, 6) is 1.73. The molecule has 18 heavy (non-hydrogen) atoms. The second-order valence-electron chi connectivity index (χ2n) is 5.36. The van der Waals surface area contributed by atoms with Gasteiger partial charge in [-0.2, -0.15) is 5.10 Å². The average molecular weight is 246 g/mol. The Labute approximate surface area is 109 Å². The van der Waals surface area contributed by atoms with Crippen molar-refractivity contribution in [1.82, 2.24) is 9.97 Å². The fourth-order valence-corrected chi connectivity index (χ4v) is 2.62. The SMILES string of the molecule is Cc1cc(C)nc(NN=C2[C@@H](C)CCC[C@@H]2C)n1. The lowest BCUT2D eigenvalue weighted by Crippen LogP contribution is -2.25. The molecule has 1 aromatic heterocycles. The van der Waals surface area contributed by atoms with Gasteiger partial charge in [-0.15, -0.1) is 0 Å². The quantitative estimate of drug-likeness (QED) is 0.814. The maximum absolute atomic E-state index is 4.54. The number of aromatic nitrogens is 2. The van der Waals surface area contributed by atoms with E-state index >= 15 is 0 Å². The fraction of sp³-hybridized carbons (Fsp3) is 0.643. The highest BCUT2D eigenvalue weighted by Gasteiger charge is 2.22. The molecule has 2 atom stereocenters. The topological polar surface area (TPSA) is 50.2 Å². The maximum Gasteiger partial charge on any atom is 0.243 e. The Morgan fingerprint density at radius 3 is 2.22 bits per heavy atom. The van der Waals surface area contributed by atoms with E-state index in [1.54, 1.807) is 0 Å². The molecule has 1 fully saturated rings. The van der Waals surface area contributed by atoms with Crippen molar-refractivity contribution in [3.05, 3.63) is 17.5 Å². The Morgan fingerprint density at radius 1 is 1.11 bits per heavy atom. The van der Waals surface area contributed by atoms with Crippen molar-refractivity contribution in [3.63, 3.8) is 0 Å². The smallest absolute Gasteiger partial charge is 0.243 e. The van der Waals surface area contributed by atoms with E-state index in [1.165, 1.54) is 25.0 Å². The van der Waals surface area contributed by atoms with Gasteiger partial charge in [-0.25, -0.2) is 15.4 Å². The molecule has 0 saturated heterocycles. The summed E-state index contributed by atoms with van der Waals surface area (Å²) in [4.78, 5) is 8.68. The van der Waals surface area contributed by atoms with Crippen molar-refractivity contribution < 1.29 is 0 Å². The van der Waals surface area contributed by atoms with Gasteiger partial charge >= 0.3 is 0 Å². The molecule has 98 valence electrons. The molecule has 1 aliphatic carbocycles. The van der Waals surface area contributed by atoms with Crippen LogP contribution >= 0.6 is 0 Å². The molecule has 4 nitrogen and oxygen atoms in total. The highest BCUT2D eigenvalue weighted by Crippen LogP contribution is 2.26. The van der Waals surface area contributed by atoms with Crippen LogP contribution in [0, 0.1) is 25.7 Å². The summed E-state index contributed by atoms with van der Waals surface area (Å²) in [7, 11) is 0. The van der Waals surface area contributed by atoms with Crippen LogP contribution in [-0.2, 0) is 0 Å². The van der Waals surface area contributed by atoms with Crippen molar-refractivity contribution in [2.24, 2.45) is 16.9 Å². The average Bonchev–Trinajstić information content (AvgIpc) is 2.27. The zero-order valence-corrected chi connectivity index (χ0v) is 11.7. The van der Waals surface area contributed by atoms with E-state index in [0.717, 1.165) is 11.4 Å². The predicted molar refractivity (Wildman–Crippen MR) is 74.7 cm³/mol. The fourth-order valence-electron chi connectivity index (χ4n) is 2.62. The molecule has 0 spiro atoms. The number of hydrogen-bond acceptors (Lipinski definition) is 4. The number of aryl methyl sites for hydroxylation is 2. The molecule has 1 aliphatic rings. The van der Waals surface area contributed by atoms with Crippen LogP contribution < -0.4 is 5.43 Å². The molecular weight excluding hydrogens is 224 g/mol. The van der Waals surface area contributed by atoms with Crippen molar-refractivity contribution >= 4 is 11.7 Å². The highest BCUT2D eigenvalue weighted by atomic mass is 15.4. The first-order chi connectivity index (χ1) is 8.56. The zero-order chi connectivity index (χ0) is 13.1.